The van der Waals surface area contributed by atoms with Crippen molar-refractivity contribution < 1.29 is 18.3 Å². The van der Waals surface area contributed by atoms with Crippen LogP contribution >= 0.6 is 0 Å². The monoisotopic (exact) mass is 314 g/mol. The van der Waals surface area contributed by atoms with Crippen molar-refractivity contribution in [1.82, 2.24) is 20.6 Å². The molecule has 4 rings (SSSR count). The van der Waals surface area contributed by atoms with Crippen LogP contribution in [0.2, 0.25) is 0 Å². The maximum atomic E-state index is 12.5. The van der Waals surface area contributed by atoms with Gasteiger partial charge in [-0.25, -0.2) is 0 Å². The summed E-state index contributed by atoms with van der Waals surface area (Å²) in [6.07, 6.45) is 3.02. The molecule has 0 atom stereocenters. The van der Waals surface area contributed by atoms with E-state index in [4.69, 9.17) is 13.5 Å². The Morgan fingerprint density at radius 3 is 2.83 bits per heavy atom. The van der Waals surface area contributed by atoms with Crippen molar-refractivity contribution in [1.29, 1.82) is 0 Å². The largest absolute Gasteiger partial charge is 0.461 e. The number of nitrogens with zero attached hydrogens (tertiary/aromatic N) is 3. The van der Waals surface area contributed by atoms with Crippen LogP contribution in [0.4, 0.5) is 0 Å². The first-order chi connectivity index (χ1) is 11.2. The maximum Gasteiger partial charge on any atom is 0.246 e. The van der Waals surface area contributed by atoms with Gasteiger partial charge in [-0.1, -0.05) is 10.3 Å². The first-order valence-corrected chi connectivity index (χ1v) is 7.26. The molecule has 0 aromatic carbocycles. The third-order valence-electron chi connectivity index (χ3n) is 3.92. The van der Waals surface area contributed by atoms with E-state index >= 15 is 0 Å². The Bertz CT molecular complexity index is 829. The lowest BCUT2D eigenvalue weighted by atomic mass is 10.0. The summed E-state index contributed by atoms with van der Waals surface area (Å²) in [4.78, 5) is 16.6. The highest BCUT2D eigenvalue weighted by Crippen LogP contribution is 2.48. The minimum Gasteiger partial charge on any atom is -0.461 e. The van der Waals surface area contributed by atoms with Crippen LogP contribution in [0.1, 0.15) is 30.3 Å². The molecule has 1 amide bonds. The van der Waals surface area contributed by atoms with Crippen molar-refractivity contribution in [3.63, 3.8) is 0 Å². The predicted octanol–water partition coefficient (Wildman–Crippen LogP) is 1.97. The lowest BCUT2D eigenvalue weighted by molar-refractivity contribution is -0.124. The Balaban J connectivity index is 1.48. The fraction of sp³-hybridized carbons (Fsp3) is 0.333. The second-order valence-corrected chi connectivity index (χ2v) is 5.55. The molecule has 1 aliphatic rings. The van der Waals surface area contributed by atoms with E-state index in [2.05, 4.69) is 20.6 Å². The molecule has 0 unspecified atom stereocenters. The fourth-order valence-electron chi connectivity index (χ4n) is 2.50. The Morgan fingerprint density at radius 1 is 1.30 bits per heavy atom. The molecule has 0 radical (unpaired) electrons. The van der Waals surface area contributed by atoms with Gasteiger partial charge in [0.15, 0.2) is 11.6 Å². The van der Waals surface area contributed by atoms with Crippen LogP contribution in [0.25, 0.3) is 11.5 Å². The summed E-state index contributed by atoms with van der Waals surface area (Å²) < 4.78 is 15.5. The van der Waals surface area contributed by atoms with Gasteiger partial charge in [0.1, 0.15) is 0 Å². The Labute approximate surface area is 130 Å². The van der Waals surface area contributed by atoms with Gasteiger partial charge >= 0.3 is 0 Å². The quantitative estimate of drug-likeness (QED) is 0.767. The zero-order valence-electron chi connectivity index (χ0n) is 12.4. The molecular weight excluding hydrogens is 300 g/mol. The number of hydrogen-bond donors (Lipinski definition) is 1. The lowest BCUT2D eigenvalue weighted by Crippen LogP contribution is -2.34. The van der Waals surface area contributed by atoms with Crippen molar-refractivity contribution in [2.24, 2.45) is 0 Å². The average molecular weight is 314 g/mol. The van der Waals surface area contributed by atoms with Gasteiger partial charge in [-0.15, -0.1) is 0 Å². The molecule has 0 saturated heterocycles. The molecule has 8 heteroatoms. The van der Waals surface area contributed by atoms with Gasteiger partial charge < -0.3 is 18.8 Å². The smallest absolute Gasteiger partial charge is 0.246 e. The zero-order chi connectivity index (χ0) is 15.9. The summed E-state index contributed by atoms with van der Waals surface area (Å²) >= 11 is 0. The topological polar surface area (TPSA) is 107 Å². The summed E-state index contributed by atoms with van der Waals surface area (Å²) in [5, 5.41) is 10.5. The summed E-state index contributed by atoms with van der Waals surface area (Å²) in [5.41, 5.74) is -0.0215. The molecule has 0 spiro atoms. The minimum absolute atomic E-state index is 0.118. The molecule has 23 heavy (non-hydrogen) atoms. The SMILES string of the molecule is Cc1noc(CNC(=O)C2(c3cc(-c4ccco4)on3)CC2)n1. The Hall–Kier alpha value is -2.90. The fourth-order valence-corrected chi connectivity index (χ4v) is 2.50. The van der Waals surface area contributed by atoms with Gasteiger partial charge in [0.25, 0.3) is 0 Å². The van der Waals surface area contributed by atoms with Crippen LogP contribution in [0, 0.1) is 6.92 Å². The molecule has 0 bridgehead atoms. The van der Waals surface area contributed by atoms with Crippen molar-refractivity contribution in [2.75, 3.05) is 0 Å². The number of rotatable bonds is 5. The second-order valence-electron chi connectivity index (χ2n) is 5.55. The van der Waals surface area contributed by atoms with Crippen LogP contribution in [0.5, 0.6) is 0 Å². The van der Waals surface area contributed by atoms with Crippen LogP contribution in [-0.4, -0.2) is 21.2 Å². The molecular formula is C15H14N4O4. The normalized spacial score (nSPS) is 15.5. The molecule has 1 aliphatic carbocycles. The zero-order valence-corrected chi connectivity index (χ0v) is 12.4. The van der Waals surface area contributed by atoms with E-state index < -0.39 is 5.41 Å². The van der Waals surface area contributed by atoms with Crippen LogP contribution in [0.15, 0.2) is 37.9 Å². The third-order valence-corrected chi connectivity index (χ3v) is 3.92. The number of carbonyl (C=O) groups is 1. The Morgan fingerprint density at radius 2 is 2.17 bits per heavy atom. The molecule has 3 aromatic heterocycles. The third kappa shape index (κ3) is 2.41. The summed E-state index contributed by atoms with van der Waals surface area (Å²) in [7, 11) is 0. The first kappa shape index (κ1) is 13.7. The van der Waals surface area contributed by atoms with Gasteiger partial charge in [0.2, 0.25) is 17.6 Å². The van der Waals surface area contributed by atoms with Crippen LogP contribution in [0.3, 0.4) is 0 Å². The Kier molecular flexibility index (Phi) is 3.03. The first-order valence-electron chi connectivity index (χ1n) is 7.26. The second kappa shape index (κ2) is 5.08. The summed E-state index contributed by atoms with van der Waals surface area (Å²) in [6, 6.07) is 5.30. The number of aromatic nitrogens is 3. The number of nitrogens with one attached hydrogen (secondary N) is 1. The molecule has 0 aliphatic heterocycles. The van der Waals surface area contributed by atoms with E-state index in [1.807, 2.05) is 0 Å². The molecule has 118 valence electrons. The molecule has 3 heterocycles. The van der Waals surface area contributed by atoms with Crippen molar-refractivity contribution in [3.05, 3.63) is 41.9 Å². The van der Waals surface area contributed by atoms with Crippen LogP contribution in [-0.2, 0) is 16.8 Å². The number of carbonyl (C=O) groups excluding carboxylic acids is 1. The van der Waals surface area contributed by atoms with E-state index in [0.29, 0.717) is 28.9 Å². The molecule has 8 nitrogen and oxygen atoms in total. The average Bonchev–Trinajstić information content (AvgIpc) is 2.97. The summed E-state index contributed by atoms with van der Waals surface area (Å²) in [5.74, 6) is 1.89. The maximum absolute atomic E-state index is 12.5. The van der Waals surface area contributed by atoms with Gasteiger partial charge in [-0.05, 0) is 31.9 Å². The minimum atomic E-state index is -0.636. The molecule has 1 fully saturated rings. The van der Waals surface area contributed by atoms with E-state index in [9.17, 15) is 4.79 Å². The predicted molar refractivity (Wildman–Crippen MR) is 76.0 cm³/mol. The lowest BCUT2D eigenvalue weighted by Gasteiger charge is -2.10. The van der Waals surface area contributed by atoms with E-state index in [1.54, 1.807) is 31.4 Å². The number of aryl methyl sites for hydroxylation is 1. The van der Waals surface area contributed by atoms with Crippen molar-refractivity contribution in [2.45, 2.75) is 31.7 Å². The van der Waals surface area contributed by atoms with Crippen LogP contribution < -0.4 is 5.32 Å². The van der Waals surface area contributed by atoms with E-state index in [1.165, 1.54) is 0 Å². The number of hydrogen-bond acceptors (Lipinski definition) is 7. The van der Waals surface area contributed by atoms with E-state index in [-0.39, 0.29) is 12.5 Å². The molecule has 3 aromatic rings. The standard InChI is InChI=1S/C15H14N4O4/c1-9-17-13(23-18-9)8-16-14(20)15(4-5-15)12-7-11(22-19-12)10-3-2-6-21-10/h2-3,6-7H,4-5,8H2,1H3,(H,16,20). The number of furan rings is 1. The highest BCUT2D eigenvalue weighted by molar-refractivity contribution is 5.90. The summed E-state index contributed by atoms with van der Waals surface area (Å²) in [6.45, 7) is 1.92. The molecule has 1 N–H and O–H groups in total. The van der Waals surface area contributed by atoms with Crippen molar-refractivity contribution >= 4 is 5.91 Å². The van der Waals surface area contributed by atoms with Gasteiger partial charge in [0, 0.05) is 6.07 Å². The van der Waals surface area contributed by atoms with Crippen molar-refractivity contribution in [3.8, 4) is 11.5 Å². The van der Waals surface area contributed by atoms with Gasteiger partial charge in [0.05, 0.1) is 23.9 Å². The van der Waals surface area contributed by atoms with E-state index in [0.717, 1.165) is 12.8 Å². The van der Waals surface area contributed by atoms with Gasteiger partial charge in [-0.3, -0.25) is 4.79 Å². The highest BCUT2D eigenvalue weighted by atomic mass is 16.5. The highest BCUT2D eigenvalue weighted by Gasteiger charge is 2.53. The number of amides is 1. The molecule has 1 saturated carbocycles. The van der Waals surface area contributed by atoms with Gasteiger partial charge in [-0.2, -0.15) is 4.98 Å².